The van der Waals surface area contributed by atoms with Crippen molar-refractivity contribution in [3.05, 3.63) is 28.7 Å². The highest BCUT2D eigenvalue weighted by Gasteiger charge is 2.29. The summed E-state index contributed by atoms with van der Waals surface area (Å²) in [5.74, 6) is 2.04. The molecule has 4 heteroatoms. The van der Waals surface area contributed by atoms with Crippen LogP contribution in [-0.2, 0) is 0 Å². The second-order valence-electron chi connectivity index (χ2n) is 4.96. The maximum absolute atomic E-state index is 4.89. The van der Waals surface area contributed by atoms with Crippen molar-refractivity contribution in [2.75, 3.05) is 11.1 Å². The molecule has 0 aromatic heterocycles. The van der Waals surface area contributed by atoms with Gasteiger partial charge in [0.05, 0.1) is 11.7 Å². The number of aliphatic imine (C=N–C) groups is 1. The summed E-state index contributed by atoms with van der Waals surface area (Å²) >= 11 is 5.44. The van der Waals surface area contributed by atoms with Crippen LogP contribution in [0.5, 0.6) is 0 Å². The molecule has 18 heavy (non-hydrogen) atoms. The molecule has 2 nitrogen and oxygen atoms in total. The Bertz CT molecular complexity index is 461. The Balaban J connectivity index is 1.73. The van der Waals surface area contributed by atoms with E-state index >= 15 is 0 Å². The quantitative estimate of drug-likeness (QED) is 0.821. The van der Waals surface area contributed by atoms with Gasteiger partial charge < -0.3 is 5.32 Å². The van der Waals surface area contributed by atoms with Crippen LogP contribution in [0, 0.1) is 5.92 Å². The Kier molecular flexibility index (Phi) is 3.94. The minimum atomic E-state index is 0.560. The molecule has 2 atom stereocenters. The van der Waals surface area contributed by atoms with Crippen LogP contribution in [0.25, 0.3) is 0 Å². The van der Waals surface area contributed by atoms with Gasteiger partial charge in [-0.1, -0.05) is 36.7 Å². The fourth-order valence-electron chi connectivity index (χ4n) is 2.67. The molecule has 1 heterocycles. The molecule has 1 N–H and O–H groups in total. The normalized spacial score (nSPS) is 27.3. The minimum Gasteiger partial charge on any atom is -0.334 e. The van der Waals surface area contributed by atoms with Gasteiger partial charge in [-0.05, 0) is 46.8 Å². The topological polar surface area (TPSA) is 24.4 Å². The maximum Gasteiger partial charge on any atom is 0.161 e. The van der Waals surface area contributed by atoms with Crippen LogP contribution in [0.2, 0.25) is 0 Å². The number of nitrogens with zero attached hydrogens (tertiary/aromatic N) is 1. The fourth-order valence-corrected chi connectivity index (χ4v) is 4.21. The first kappa shape index (κ1) is 12.5. The van der Waals surface area contributed by atoms with Gasteiger partial charge in [0.2, 0.25) is 0 Å². The third kappa shape index (κ3) is 2.75. The molecule has 1 aliphatic heterocycles. The number of nitrogens with one attached hydrogen (secondary N) is 1. The Hall–Kier alpha value is -0.480. The molecule has 0 saturated heterocycles. The zero-order chi connectivity index (χ0) is 12.4. The average molecular weight is 325 g/mol. The van der Waals surface area contributed by atoms with E-state index in [1.54, 1.807) is 0 Å². The first-order valence-electron chi connectivity index (χ1n) is 6.55. The first-order chi connectivity index (χ1) is 8.83. The standard InChI is InChI=1S/C14H17BrN2S/c15-11-6-2-4-8-13(11)17-14-16-12-7-3-1-5-10(12)9-18-14/h2,4,6,8,10,12H,1,3,5,7,9H2,(H,16,17). The molecule has 2 aliphatic rings. The van der Waals surface area contributed by atoms with Crippen LogP contribution in [-0.4, -0.2) is 17.0 Å². The van der Waals surface area contributed by atoms with Crippen LogP contribution in [0.15, 0.2) is 33.7 Å². The minimum absolute atomic E-state index is 0.560. The summed E-state index contributed by atoms with van der Waals surface area (Å²) in [6, 6.07) is 8.78. The van der Waals surface area contributed by atoms with E-state index in [2.05, 4.69) is 33.4 Å². The zero-order valence-corrected chi connectivity index (χ0v) is 12.6. The monoisotopic (exact) mass is 324 g/mol. The van der Waals surface area contributed by atoms with E-state index in [-0.39, 0.29) is 0 Å². The third-order valence-corrected chi connectivity index (χ3v) is 5.47. The van der Waals surface area contributed by atoms with Gasteiger partial charge in [0.15, 0.2) is 5.17 Å². The summed E-state index contributed by atoms with van der Waals surface area (Å²) in [6.07, 6.45) is 5.37. The molecule has 0 bridgehead atoms. The number of thioether (sulfide) groups is 1. The highest BCUT2D eigenvalue weighted by atomic mass is 79.9. The van der Waals surface area contributed by atoms with Crippen molar-refractivity contribution in [1.29, 1.82) is 0 Å². The van der Waals surface area contributed by atoms with Crippen molar-refractivity contribution in [3.8, 4) is 0 Å². The van der Waals surface area contributed by atoms with E-state index in [1.807, 2.05) is 23.9 Å². The molecular formula is C14H17BrN2S. The second-order valence-corrected chi connectivity index (χ2v) is 6.83. The van der Waals surface area contributed by atoms with Crippen LogP contribution in [0.3, 0.4) is 0 Å². The molecule has 96 valence electrons. The van der Waals surface area contributed by atoms with E-state index < -0.39 is 0 Å². The summed E-state index contributed by atoms with van der Waals surface area (Å²) in [5.41, 5.74) is 1.11. The number of fused-ring (bicyclic) bond motifs is 1. The molecular weight excluding hydrogens is 308 g/mol. The molecule has 1 saturated carbocycles. The number of benzene rings is 1. The predicted molar refractivity (Wildman–Crippen MR) is 83.4 cm³/mol. The number of halogens is 1. The lowest BCUT2D eigenvalue weighted by molar-refractivity contribution is 0.336. The van der Waals surface area contributed by atoms with E-state index in [0.717, 1.165) is 21.2 Å². The lowest BCUT2D eigenvalue weighted by atomic mass is 9.86. The smallest absolute Gasteiger partial charge is 0.161 e. The van der Waals surface area contributed by atoms with Crippen LogP contribution >= 0.6 is 27.7 Å². The molecule has 1 aliphatic carbocycles. The van der Waals surface area contributed by atoms with Crippen LogP contribution in [0.4, 0.5) is 5.69 Å². The molecule has 3 rings (SSSR count). The van der Waals surface area contributed by atoms with E-state index in [1.165, 1.54) is 31.4 Å². The third-order valence-electron chi connectivity index (χ3n) is 3.70. The van der Waals surface area contributed by atoms with Crippen molar-refractivity contribution < 1.29 is 0 Å². The van der Waals surface area contributed by atoms with Crippen LogP contribution in [0.1, 0.15) is 25.7 Å². The number of para-hydroxylation sites is 1. The molecule has 0 spiro atoms. The van der Waals surface area contributed by atoms with Crippen molar-refractivity contribution in [2.45, 2.75) is 31.7 Å². The summed E-state index contributed by atoms with van der Waals surface area (Å²) < 4.78 is 1.10. The summed E-state index contributed by atoms with van der Waals surface area (Å²) in [4.78, 5) is 4.89. The van der Waals surface area contributed by atoms with Gasteiger partial charge in [-0.2, -0.15) is 0 Å². The SMILES string of the molecule is Brc1ccccc1NC1=NC2CCCCC2CS1. The number of anilines is 1. The van der Waals surface area contributed by atoms with Crippen LogP contribution < -0.4 is 5.32 Å². The van der Waals surface area contributed by atoms with Crippen molar-refractivity contribution in [1.82, 2.24) is 0 Å². The van der Waals surface area contributed by atoms with Gasteiger partial charge in [0.1, 0.15) is 0 Å². The lowest BCUT2D eigenvalue weighted by Crippen LogP contribution is -2.31. The summed E-state index contributed by atoms with van der Waals surface area (Å²) in [6.45, 7) is 0. The van der Waals surface area contributed by atoms with Gasteiger partial charge in [-0.3, -0.25) is 4.99 Å². The van der Waals surface area contributed by atoms with E-state index in [4.69, 9.17) is 4.99 Å². The van der Waals surface area contributed by atoms with E-state index in [0.29, 0.717) is 6.04 Å². The first-order valence-corrected chi connectivity index (χ1v) is 8.33. The van der Waals surface area contributed by atoms with Crippen molar-refractivity contribution >= 4 is 38.5 Å². The fraction of sp³-hybridized carbons (Fsp3) is 0.500. The highest BCUT2D eigenvalue weighted by Crippen LogP contribution is 2.34. The zero-order valence-electron chi connectivity index (χ0n) is 10.2. The number of hydrogen-bond acceptors (Lipinski definition) is 3. The Labute approximate surface area is 121 Å². The molecule has 0 radical (unpaired) electrons. The predicted octanol–water partition coefficient (Wildman–Crippen LogP) is 4.52. The molecule has 2 unspecified atom stereocenters. The van der Waals surface area contributed by atoms with Gasteiger partial charge in [0, 0.05) is 10.2 Å². The molecule has 1 aromatic rings. The molecule has 1 fully saturated rings. The number of amidine groups is 1. The van der Waals surface area contributed by atoms with Crippen molar-refractivity contribution in [3.63, 3.8) is 0 Å². The number of rotatable bonds is 1. The second kappa shape index (κ2) is 5.66. The average Bonchev–Trinajstić information content (AvgIpc) is 2.41. The Morgan fingerprint density at radius 3 is 2.94 bits per heavy atom. The summed E-state index contributed by atoms with van der Waals surface area (Å²) in [7, 11) is 0. The Morgan fingerprint density at radius 1 is 1.22 bits per heavy atom. The van der Waals surface area contributed by atoms with Gasteiger partial charge >= 0.3 is 0 Å². The van der Waals surface area contributed by atoms with Crippen molar-refractivity contribution in [2.24, 2.45) is 10.9 Å². The number of hydrogen-bond donors (Lipinski definition) is 1. The van der Waals surface area contributed by atoms with E-state index in [9.17, 15) is 0 Å². The van der Waals surface area contributed by atoms with Gasteiger partial charge in [0.25, 0.3) is 0 Å². The molecule has 0 amide bonds. The largest absolute Gasteiger partial charge is 0.334 e. The maximum atomic E-state index is 4.89. The van der Waals surface area contributed by atoms with Gasteiger partial charge in [-0.15, -0.1) is 0 Å². The lowest BCUT2D eigenvalue weighted by Gasteiger charge is -2.32. The Morgan fingerprint density at radius 2 is 2.06 bits per heavy atom. The van der Waals surface area contributed by atoms with Gasteiger partial charge in [-0.25, -0.2) is 0 Å². The highest BCUT2D eigenvalue weighted by molar-refractivity contribution is 9.10. The molecule has 1 aromatic carbocycles. The summed E-state index contributed by atoms with van der Waals surface area (Å²) in [5, 5.41) is 4.54.